The van der Waals surface area contributed by atoms with E-state index in [2.05, 4.69) is 5.32 Å². The molecular formula is C22H19FN2O4S. The fourth-order valence-corrected chi connectivity index (χ4v) is 3.51. The SMILES string of the molecule is Cn1cccc1C(=O)COC(=O)c1ccccc1SCC(=O)Nc1ccc(F)cc1. The zero-order chi connectivity index (χ0) is 21.5. The second-order valence-corrected chi connectivity index (χ2v) is 7.36. The molecule has 0 fully saturated rings. The number of ether oxygens (including phenoxy) is 1. The summed E-state index contributed by atoms with van der Waals surface area (Å²) in [5, 5.41) is 2.66. The lowest BCUT2D eigenvalue weighted by Gasteiger charge is -2.10. The molecule has 0 bridgehead atoms. The lowest BCUT2D eigenvalue weighted by atomic mass is 10.2. The van der Waals surface area contributed by atoms with Crippen LogP contribution in [0.5, 0.6) is 0 Å². The van der Waals surface area contributed by atoms with Gasteiger partial charge >= 0.3 is 5.97 Å². The Bertz CT molecular complexity index is 1060. The number of carbonyl (C=O) groups excluding carboxylic acids is 3. The maximum atomic E-state index is 12.9. The predicted octanol–water partition coefficient (Wildman–Crippen LogP) is 3.93. The summed E-state index contributed by atoms with van der Waals surface area (Å²) in [4.78, 5) is 37.3. The highest BCUT2D eigenvalue weighted by atomic mass is 32.2. The number of nitrogens with one attached hydrogen (secondary N) is 1. The number of thioether (sulfide) groups is 1. The maximum Gasteiger partial charge on any atom is 0.339 e. The highest BCUT2D eigenvalue weighted by Gasteiger charge is 2.17. The molecular weight excluding hydrogens is 407 g/mol. The van der Waals surface area contributed by atoms with Crippen molar-refractivity contribution < 1.29 is 23.5 Å². The fraction of sp³-hybridized carbons (Fsp3) is 0.136. The van der Waals surface area contributed by atoms with E-state index < -0.39 is 5.97 Å². The molecule has 1 heterocycles. The van der Waals surface area contributed by atoms with Crippen molar-refractivity contribution in [1.29, 1.82) is 0 Å². The minimum absolute atomic E-state index is 0.0456. The number of hydrogen-bond donors (Lipinski definition) is 1. The fourth-order valence-electron chi connectivity index (χ4n) is 2.67. The molecule has 3 rings (SSSR count). The summed E-state index contributed by atoms with van der Waals surface area (Å²) in [6.07, 6.45) is 1.73. The first-order valence-corrected chi connectivity index (χ1v) is 10.0. The van der Waals surface area contributed by atoms with Crippen molar-refractivity contribution in [3.05, 3.63) is 83.9 Å². The highest BCUT2D eigenvalue weighted by molar-refractivity contribution is 8.00. The molecule has 0 radical (unpaired) electrons. The van der Waals surface area contributed by atoms with Gasteiger partial charge in [0.2, 0.25) is 11.7 Å². The molecule has 2 aromatic carbocycles. The van der Waals surface area contributed by atoms with Crippen LogP contribution in [0, 0.1) is 5.82 Å². The molecule has 3 aromatic rings. The summed E-state index contributed by atoms with van der Waals surface area (Å²) < 4.78 is 19.8. The molecule has 30 heavy (non-hydrogen) atoms. The molecule has 0 unspecified atom stereocenters. The second-order valence-electron chi connectivity index (χ2n) is 6.34. The Kier molecular flexibility index (Phi) is 7.03. The summed E-state index contributed by atoms with van der Waals surface area (Å²) in [6, 6.07) is 15.5. The molecule has 1 aromatic heterocycles. The van der Waals surface area contributed by atoms with E-state index in [0.29, 0.717) is 16.3 Å². The van der Waals surface area contributed by atoms with Crippen LogP contribution in [-0.4, -0.2) is 34.6 Å². The van der Waals surface area contributed by atoms with Gasteiger partial charge in [-0.2, -0.15) is 0 Å². The standard InChI is InChI=1S/C22H19FN2O4S/c1-25-12-4-6-18(25)19(26)13-29-22(28)17-5-2-3-7-20(17)30-14-21(27)24-16-10-8-15(23)9-11-16/h2-12H,13-14H2,1H3,(H,24,27). The third kappa shape index (κ3) is 5.57. The number of benzene rings is 2. The van der Waals surface area contributed by atoms with Crippen molar-refractivity contribution in [2.24, 2.45) is 7.05 Å². The van der Waals surface area contributed by atoms with E-state index >= 15 is 0 Å². The molecule has 6 nitrogen and oxygen atoms in total. The number of aryl methyl sites for hydroxylation is 1. The Morgan fingerprint density at radius 1 is 1.03 bits per heavy atom. The summed E-state index contributed by atoms with van der Waals surface area (Å²) >= 11 is 1.16. The zero-order valence-electron chi connectivity index (χ0n) is 16.1. The van der Waals surface area contributed by atoms with E-state index in [1.54, 1.807) is 54.2 Å². The molecule has 0 atom stereocenters. The Balaban J connectivity index is 1.57. The van der Waals surface area contributed by atoms with Crippen LogP contribution >= 0.6 is 11.8 Å². The highest BCUT2D eigenvalue weighted by Crippen LogP contribution is 2.24. The van der Waals surface area contributed by atoms with Crippen LogP contribution in [0.1, 0.15) is 20.8 Å². The number of hydrogen-bond acceptors (Lipinski definition) is 5. The second kappa shape index (κ2) is 9.89. The average Bonchev–Trinajstić information content (AvgIpc) is 3.18. The monoisotopic (exact) mass is 426 g/mol. The smallest absolute Gasteiger partial charge is 0.339 e. The molecule has 0 aliphatic carbocycles. The molecule has 1 amide bonds. The van der Waals surface area contributed by atoms with Crippen LogP contribution in [0.25, 0.3) is 0 Å². The van der Waals surface area contributed by atoms with Gasteiger partial charge in [0.1, 0.15) is 5.82 Å². The lowest BCUT2D eigenvalue weighted by molar-refractivity contribution is -0.113. The molecule has 0 aliphatic heterocycles. The summed E-state index contributed by atoms with van der Waals surface area (Å²) in [5.74, 6) is -1.59. The summed E-state index contributed by atoms with van der Waals surface area (Å²) in [5.41, 5.74) is 1.20. The van der Waals surface area contributed by atoms with Gasteiger partial charge in [0, 0.05) is 23.8 Å². The number of Topliss-reactive ketones (excluding diaryl/α,β-unsaturated/α-hetero) is 1. The first-order chi connectivity index (χ1) is 14.4. The average molecular weight is 426 g/mol. The third-order valence-electron chi connectivity index (χ3n) is 4.16. The Labute approximate surface area is 177 Å². The van der Waals surface area contributed by atoms with Crippen molar-refractivity contribution >= 4 is 35.1 Å². The van der Waals surface area contributed by atoms with Gasteiger partial charge in [-0.05, 0) is 48.5 Å². The van der Waals surface area contributed by atoms with E-state index in [1.165, 1.54) is 24.3 Å². The lowest BCUT2D eigenvalue weighted by Crippen LogP contribution is -2.17. The van der Waals surface area contributed by atoms with E-state index in [-0.39, 0.29) is 35.4 Å². The summed E-state index contributed by atoms with van der Waals surface area (Å²) in [6.45, 7) is -0.374. The number of carbonyl (C=O) groups is 3. The van der Waals surface area contributed by atoms with Gasteiger partial charge in [0.05, 0.1) is 17.0 Å². The summed E-state index contributed by atoms with van der Waals surface area (Å²) in [7, 11) is 1.73. The zero-order valence-corrected chi connectivity index (χ0v) is 16.9. The third-order valence-corrected chi connectivity index (χ3v) is 5.23. The van der Waals surface area contributed by atoms with Gasteiger partial charge in [-0.3, -0.25) is 9.59 Å². The molecule has 8 heteroatoms. The minimum Gasteiger partial charge on any atom is -0.454 e. The molecule has 0 saturated carbocycles. The number of amides is 1. The number of nitrogens with zero attached hydrogens (tertiary/aromatic N) is 1. The van der Waals surface area contributed by atoms with Crippen LogP contribution in [0.2, 0.25) is 0 Å². The van der Waals surface area contributed by atoms with Crippen LogP contribution in [0.4, 0.5) is 10.1 Å². The number of halogens is 1. The molecule has 1 N–H and O–H groups in total. The van der Waals surface area contributed by atoms with Crippen LogP contribution < -0.4 is 5.32 Å². The maximum absolute atomic E-state index is 12.9. The van der Waals surface area contributed by atoms with Crippen molar-refractivity contribution in [3.63, 3.8) is 0 Å². The van der Waals surface area contributed by atoms with E-state index in [4.69, 9.17) is 4.74 Å². The van der Waals surface area contributed by atoms with Crippen molar-refractivity contribution in [2.45, 2.75) is 4.90 Å². The van der Waals surface area contributed by atoms with Gasteiger partial charge in [-0.25, -0.2) is 9.18 Å². The van der Waals surface area contributed by atoms with Crippen molar-refractivity contribution in [3.8, 4) is 0 Å². The van der Waals surface area contributed by atoms with Crippen LogP contribution in [0.3, 0.4) is 0 Å². The molecule has 0 aliphatic rings. The van der Waals surface area contributed by atoms with Gasteiger partial charge in [0.15, 0.2) is 6.61 Å². The topological polar surface area (TPSA) is 77.4 Å². The largest absolute Gasteiger partial charge is 0.454 e. The number of ketones is 1. The quantitative estimate of drug-likeness (QED) is 0.335. The minimum atomic E-state index is -0.639. The van der Waals surface area contributed by atoms with Gasteiger partial charge in [-0.15, -0.1) is 11.8 Å². The first-order valence-electron chi connectivity index (χ1n) is 9.03. The van der Waals surface area contributed by atoms with E-state index in [0.717, 1.165) is 11.8 Å². The first kappa shape index (κ1) is 21.3. The van der Waals surface area contributed by atoms with Crippen LogP contribution in [-0.2, 0) is 16.6 Å². The Hall–Kier alpha value is -3.39. The van der Waals surface area contributed by atoms with Crippen LogP contribution in [0.15, 0.2) is 71.8 Å². The number of rotatable bonds is 8. The Morgan fingerprint density at radius 2 is 1.77 bits per heavy atom. The van der Waals surface area contributed by atoms with Gasteiger partial charge in [-0.1, -0.05) is 12.1 Å². The van der Waals surface area contributed by atoms with Crippen molar-refractivity contribution in [2.75, 3.05) is 17.7 Å². The van der Waals surface area contributed by atoms with Gasteiger partial charge in [0.25, 0.3) is 0 Å². The normalized spacial score (nSPS) is 10.5. The van der Waals surface area contributed by atoms with E-state index in [1.807, 2.05) is 0 Å². The molecule has 0 spiro atoms. The molecule has 0 saturated heterocycles. The van der Waals surface area contributed by atoms with E-state index in [9.17, 15) is 18.8 Å². The Morgan fingerprint density at radius 3 is 2.47 bits per heavy atom. The van der Waals surface area contributed by atoms with Crippen molar-refractivity contribution in [1.82, 2.24) is 4.57 Å². The number of aromatic nitrogens is 1. The molecule has 154 valence electrons. The number of esters is 1. The van der Waals surface area contributed by atoms with Gasteiger partial charge < -0.3 is 14.6 Å². The number of anilines is 1. The predicted molar refractivity (Wildman–Crippen MR) is 112 cm³/mol.